The molecule has 6 aliphatic heterocycles. The zero-order valence-corrected chi connectivity index (χ0v) is 33.6. The Morgan fingerprint density at radius 1 is 1.09 bits per heavy atom. The fraction of sp³-hybridized carbons (Fsp3) is 0.452. The number of benzene rings is 3. The fourth-order valence-corrected chi connectivity index (χ4v) is 11.6. The summed E-state index contributed by atoms with van der Waals surface area (Å²) in [6.45, 7) is 5.29. The maximum Gasteiger partial charge on any atom is 0.335 e. The average Bonchev–Trinajstić information content (AvgIpc) is 3.80. The standard InChI is InChI=1S/C42H44N4O10S/c1-19-12-22-13-23(15-43)46-27-16-52-41(49)42(40-25(10-11-44-42)26-14-24(50-6)8-9-28(26)56-40)17-57-39(33(46)32(45(4)5)29(22)34(48)35(19)51-7)31-30(27)38-37(53-18-54-38)20(2)36(31)55-21(3)47/h8-9,12,14,23,27,32-33,39,44,48H,10-11,13,16-18H2,1-7H3/t23-,27+,32+,33?,39-,42-/m1/s1. The zero-order chi connectivity index (χ0) is 40.1. The second-order valence-electron chi connectivity index (χ2n) is 15.5. The van der Waals surface area contributed by atoms with Crippen molar-refractivity contribution in [3.05, 3.63) is 69.0 Å². The van der Waals surface area contributed by atoms with Crippen LogP contribution in [0, 0.1) is 25.2 Å². The molecule has 1 fully saturated rings. The molecule has 1 spiro atoms. The van der Waals surface area contributed by atoms with Gasteiger partial charge in [0.2, 0.25) is 6.79 Å². The molecule has 0 amide bonds. The van der Waals surface area contributed by atoms with Crippen LogP contribution in [0.15, 0.2) is 28.7 Å². The Hall–Kier alpha value is -5.14. The number of carbonyl (C=O) groups is 2. The number of likely N-dealkylation sites (N-methyl/N-ethyl adjacent to an activating group) is 1. The summed E-state index contributed by atoms with van der Waals surface area (Å²) < 4.78 is 42.9. The number of phenols is 1. The van der Waals surface area contributed by atoms with Crippen molar-refractivity contribution < 1.29 is 47.5 Å². The molecule has 1 saturated heterocycles. The molecule has 4 aromatic rings. The highest BCUT2D eigenvalue weighted by Gasteiger charge is 2.58. The number of thioether (sulfide) groups is 1. The first-order valence-corrected chi connectivity index (χ1v) is 20.0. The Morgan fingerprint density at radius 2 is 1.88 bits per heavy atom. The molecular weight excluding hydrogens is 753 g/mol. The van der Waals surface area contributed by atoms with Gasteiger partial charge in [-0.05, 0) is 63.7 Å². The predicted octanol–water partition coefficient (Wildman–Crippen LogP) is 5.28. The van der Waals surface area contributed by atoms with Crippen molar-refractivity contribution in [3.8, 4) is 40.6 Å². The van der Waals surface area contributed by atoms with E-state index in [0.29, 0.717) is 75.3 Å². The molecule has 6 atom stereocenters. The second kappa shape index (κ2) is 13.8. The number of nitrogens with one attached hydrogen (secondary N) is 1. The van der Waals surface area contributed by atoms with Crippen LogP contribution in [0.3, 0.4) is 0 Å². The Morgan fingerprint density at radius 3 is 2.60 bits per heavy atom. The summed E-state index contributed by atoms with van der Waals surface area (Å²) in [5.41, 5.74) is 4.21. The highest BCUT2D eigenvalue weighted by molar-refractivity contribution is 7.99. The fourth-order valence-electron chi connectivity index (χ4n) is 9.93. The number of esters is 2. The second-order valence-corrected chi connectivity index (χ2v) is 16.6. The molecule has 0 radical (unpaired) electrons. The van der Waals surface area contributed by atoms with Crippen LogP contribution in [-0.2, 0) is 32.7 Å². The van der Waals surface area contributed by atoms with Gasteiger partial charge in [-0.1, -0.05) is 6.07 Å². The molecule has 6 aliphatic rings. The van der Waals surface area contributed by atoms with Crippen molar-refractivity contribution in [2.24, 2.45) is 0 Å². The van der Waals surface area contributed by atoms with Gasteiger partial charge >= 0.3 is 11.9 Å². The number of carbonyl (C=O) groups excluding carboxylic acids is 2. The van der Waals surface area contributed by atoms with Crippen LogP contribution < -0.4 is 29.0 Å². The van der Waals surface area contributed by atoms with Gasteiger partial charge in [0.15, 0.2) is 28.5 Å². The molecule has 1 unspecified atom stereocenters. The number of nitrogens with zero attached hydrogens (tertiary/aromatic N) is 3. The van der Waals surface area contributed by atoms with Crippen LogP contribution >= 0.6 is 11.8 Å². The van der Waals surface area contributed by atoms with E-state index < -0.39 is 46.9 Å². The first-order chi connectivity index (χ1) is 27.4. The Balaban J connectivity index is 1.33. The van der Waals surface area contributed by atoms with E-state index in [2.05, 4.69) is 16.3 Å². The van der Waals surface area contributed by atoms with Gasteiger partial charge in [-0.15, -0.1) is 11.8 Å². The Kier molecular flexibility index (Phi) is 9.04. The molecule has 57 heavy (non-hydrogen) atoms. The van der Waals surface area contributed by atoms with Crippen LogP contribution in [-0.4, -0.2) is 92.9 Å². The maximum atomic E-state index is 14.9. The molecule has 298 valence electrons. The number of ether oxygens (including phenoxy) is 6. The van der Waals surface area contributed by atoms with E-state index in [1.165, 1.54) is 25.8 Å². The number of rotatable bonds is 4. The molecule has 1 aromatic heterocycles. The number of phenolic OH excluding ortho intramolecular Hbond substituents is 1. The van der Waals surface area contributed by atoms with Crippen LogP contribution in [0.4, 0.5) is 0 Å². The Bertz CT molecular complexity index is 2410. The monoisotopic (exact) mass is 796 g/mol. The van der Waals surface area contributed by atoms with E-state index in [4.69, 9.17) is 32.8 Å². The van der Waals surface area contributed by atoms with Crippen LogP contribution in [0.1, 0.15) is 69.0 Å². The van der Waals surface area contributed by atoms with Gasteiger partial charge < -0.3 is 42.8 Å². The SMILES string of the molecule is COc1ccc2oc3c(c2c1)CCN[C@]31CS[C@@H]2c3c(OC(C)=O)c(C)c4c(c3[C@H](COC1=O)N1C2[C@@H](N(C)C)c2c(cc(C)c(OC)c2O)C[C@@H]1C#N)OCO4. The highest BCUT2D eigenvalue weighted by Crippen LogP contribution is 2.63. The number of hydrogen-bond acceptors (Lipinski definition) is 15. The number of methoxy groups -OCH3 is 2. The predicted molar refractivity (Wildman–Crippen MR) is 208 cm³/mol. The zero-order valence-electron chi connectivity index (χ0n) is 32.8. The average molecular weight is 797 g/mol. The minimum atomic E-state index is -1.41. The van der Waals surface area contributed by atoms with Gasteiger partial charge in [0.1, 0.15) is 35.5 Å². The molecule has 2 bridgehead atoms. The van der Waals surface area contributed by atoms with Gasteiger partial charge in [0.05, 0.1) is 37.6 Å². The normalized spacial score (nSPS) is 26.2. The van der Waals surface area contributed by atoms with Crippen molar-refractivity contribution in [2.75, 3.05) is 54.0 Å². The third kappa shape index (κ3) is 5.41. The van der Waals surface area contributed by atoms with Gasteiger partial charge in [0.25, 0.3) is 0 Å². The molecule has 2 N–H and O–H groups in total. The summed E-state index contributed by atoms with van der Waals surface area (Å²) in [4.78, 5) is 32.1. The van der Waals surface area contributed by atoms with E-state index in [0.717, 1.165) is 22.1 Å². The smallest absolute Gasteiger partial charge is 0.335 e. The summed E-state index contributed by atoms with van der Waals surface area (Å²) in [5.74, 6) is 1.85. The van der Waals surface area contributed by atoms with E-state index in [9.17, 15) is 20.0 Å². The highest BCUT2D eigenvalue weighted by atomic mass is 32.2. The Labute approximate surface area is 333 Å². The van der Waals surface area contributed by atoms with Gasteiger partial charge in [-0.25, -0.2) is 4.79 Å². The van der Waals surface area contributed by atoms with E-state index in [1.807, 2.05) is 57.1 Å². The van der Waals surface area contributed by atoms with Crippen molar-refractivity contribution in [2.45, 2.75) is 68.6 Å². The summed E-state index contributed by atoms with van der Waals surface area (Å²) in [7, 11) is 7.03. The third-order valence-electron chi connectivity index (χ3n) is 12.2. The molecule has 15 heteroatoms. The van der Waals surface area contributed by atoms with Crippen LogP contribution in [0.25, 0.3) is 11.0 Å². The number of fused-ring (bicyclic) bond motifs is 8. The molecule has 0 saturated carbocycles. The largest absolute Gasteiger partial charge is 0.504 e. The third-order valence-corrected chi connectivity index (χ3v) is 13.7. The van der Waals surface area contributed by atoms with Gasteiger partial charge in [0, 0.05) is 64.9 Å². The van der Waals surface area contributed by atoms with E-state index in [-0.39, 0.29) is 31.3 Å². The molecule has 14 nitrogen and oxygen atoms in total. The number of aromatic hydroxyl groups is 1. The number of nitriles is 1. The lowest BCUT2D eigenvalue weighted by Crippen LogP contribution is -2.59. The molecule has 7 heterocycles. The molecule has 10 rings (SSSR count). The summed E-state index contributed by atoms with van der Waals surface area (Å²) in [6.07, 6.45) is 0.880. The summed E-state index contributed by atoms with van der Waals surface area (Å²) in [5, 5.41) is 27.0. The van der Waals surface area contributed by atoms with Crippen molar-refractivity contribution >= 4 is 34.7 Å². The lowest BCUT2D eigenvalue weighted by atomic mass is 9.80. The lowest BCUT2D eigenvalue weighted by molar-refractivity contribution is -0.155. The number of aryl methyl sites for hydroxylation is 1. The minimum absolute atomic E-state index is 0.00389. The topological polar surface area (TPSA) is 165 Å². The molecule has 3 aromatic carbocycles. The quantitative estimate of drug-likeness (QED) is 0.202. The van der Waals surface area contributed by atoms with E-state index in [1.54, 1.807) is 7.11 Å². The molecular formula is C42H44N4O10S. The first-order valence-electron chi connectivity index (χ1n) is 18.9. The van der Waals surface area contributed by atoms with Crippen LogP contribution in [0.2, 0.25) is 0 Å². The number of hydrogen-bond donors (Lipinski definition) is 2. The van der Waals surface area contributed by atoms with Crippen molar-refractivity contribution in [3.63, 3.8) is 0 Å². The summed E-state index contributed by atoms with van der Waals surface area (Å²) in [6, 6.07) is 7.54. The van der Waals surface area contributed by atoms with Crippen molar-refractivity contribution in [1.29, 1.82) is 5.26 Å². The van der Waals surface area contributed by atoms with Gasteiger partial charge in [-0.2, -0.15) is 5.26 Å². The lowest BCUT2D eigenvalue weighted by Gasteiger charge is -2.53. The minimum Gasteiger partial charge on any atom is -0.504 e. The van der Waals surface area contributed by atoms with Gasteiger partial charge in [-0.3, -0.25) is 15.0 Å². The van der Waals surface area contributed by atoms with Crippen molar-refractivity contribution in [1.82, 2.24) is 15.1 Å². The maximum absolute atomic E-state index is 14.9. The first kappa shape index (κ1) is 37.4. The molecule has 0 aliphatic carbocycles. The summed E-state index contributed by atoms with van der Waals surface area (Å²) >= 11 is 1.48. The van der Waals surface area contributed by atoms with Crippen LogP contribution in [0.5, 0.6) is 34.5 Å². The number of furan rings is 1. The van der Waals surface area contributed by atoms with E-state index >= 15 is 0 Å².